The fourth-order valence-electron chi connectivity index (χ4n) is 3.46. The van der Waals surface area contributed by atoms with Crippen LogP contribution in [0.1, 0.15) is 44.0 Å². The van der Waals surface area contributed by atoms with E-state index >= 15 is 0 Å². The van der Waals surface area contributed by atoms with E-state index in [9.17, 15) is 0 Å². The quantitative estimate of drug-likeness (QED) is 0.801. The van der Waals surface area contributed by atoms with Gasteiger partial charge in [-0.2, -0.15) is 0 Å². The molecular weight excluding hydrogens is 324 g/mol. The van der Waals surface area contributed by atoms with Gasteiger partial charge in [-0.1, -0.05) is 60.7 Å². The van der Waals surface area contributed by atoms with Gasteiger partial charge in [0, 0.05) is 0 Å². The lowest BCUT2D eigenvalue weighted by molar-refractivity contribution is 0.181. The topological polar surface area (TPSA) is 43.2 Å². The molecule has 0 unspecified atom stereocenters. The van der Waals surface area contributed by atoms with Crippen molar-refractivity contribution in [1.29, 1.82) is 0 Å². The van der Waals surface area contributed by atoms with Crippen LogP contribution >= 0.6 is 0 Å². The third-order valence-corrected chi connectivity index (χ3v) is 5.03. The van der Waals surface area contributed by atoms with Crippen molar-refractivity contribution in [3.05, 3.63) is 71.8 Å². The van der Waals surface area contributed by atoms with Crippen LogP contribution in [0.4, 0.5) is 0 Å². The van der Waals surface area contributed by atoms with Crippen molar-refractivity contribution in [2.45, 2.75) is 39.0 Å². The summed E-state index contributed by atoms with van der Waals surface area (Å²) in [5, 5.41) is 0. The number of nitrogens with zero attached hydrogens (tertiary/aromatic N) is 2. The SMILES string of the molecule is C[C@@H]1OC(C(C)(C)C2=NC[C@H](c3ccccc3)O2)=N[C@@H]1c1ccccc1. The van der Waals surface area contributed by atoms with E-state index in [0.717, 1.165) is 5.56 Å². The Hall–Kier alpha value is -2.62. The molecule has 2 aromatic rings. The third kappa shape index (κ3) is 3.00. The number of aliphatic imine (C=N–C) groups is 2. The van der Waals surface area contributed by atoms with E-state index < -0.39 is 5.41 Å². The highest BCUT2D eigenvalue weighted by atomic mass is 16.5. The first-order valence-electron chi connectivity index (χ1n) is 9.12. The lowest BCUT2D eigenvalue weighted by Gasteiger charge is -2.25. The van der Waals surface area contributed by atoms with Crippen LogP contribution in [-0.4, -0.2) is 24.4 Å². The van der Waals surface area contributed by atoms with Gasteiger partial charge >= 0.3 is 0 Å². The highest BCUT2D eigenvalue weighted by Gasteiger charge is 2.43. The highest BCUT2D eigenvalue weighted by Crippen LogP contribution is 2.38. The Morgan fingerprint density at radius 3 is 2.12 bits per heavy atom. The highest BCUT2D eigenvalue weighted by molar-refractivity contribution is 6.05. The Morgan fingerprint density at radius 2 is 1.46 bits per heavy atom. The van der Waals surface area contributed by atoms with Gasteiger partial charge < -0.3 is 9.47 Å². The molecule has 3 atom stereocenters. The Bertz CT molecular complexity index is 828. The van der Waals surface area contributed by atoms with Crippen LogP contribution in [0, 0.1) is 5.41 Å². The normalized spacial score (nSPS) is 25.3. The summed E-state index contributed by atoms with van der Waals surface area (Å²) in [5.41, 5.74) is 1.83. The van der Waals surface area contributed by atoms with E-state index in [1.165, 1.54) is 5.56 Å². The van der Waals surface area contributed by atoms with Crippen LogP contribution in [-0.2, 0) is 9.47 Å². The molecule has 0 spiro atoms. The minimum atomic E-state index is -0.485. The molecule has 0 fully saturated rings. The molecule has 4 rings (SSSR count). The maximum Gasteiger partial charge on any atom is 0.199 e. The number of rotatable bonds is 4. The van der Waals surface area contributed by atoms with Gasteiger partial charge in [0.2, 0.25) is 0 Å². The van der Waals surface area contributed by atoms with Crippen LogP contribution < -0.4 is 0 Å². The van der Waals surface area contributed by atoms with Gasteiger partial charge in [0.1, 0.15) is 23.7 Å². The summed E-state index contributed by atoms with van der Waals surface area (Å²) in [4.78, 5) is 9.55. The molecule has 2 aromatic carbocycles. The molecule has 0 saturated carbocycles. The Balaban J connectivity index is 1.54. The molecule has 0 N–H and O–H groups in total. The summed E-state index contributed by atoms with van der Waals surface area (Å²) in [6.45, 7) is 6.83. The zero-order valence-electron chi connectivity index (χ0n) is 15.4. The van der Waals surface area contributed by atoms with E-state index in [1.807, 2.05) is 36.4 Å². The molecule has 2 heterocycles. The predicted molar refractivity (Wildman–Crippen MR) is 104 cm³/mol. The molecule has 0 amide bonds. The van der Waals surface area contributed by atoms with Crippen molar-refractivity contribution in [3.8, 4) is 0 Å². The molecule has 26 heavy (non-hydrogen) atoms. The van der Waals surface area contributed by atoms with Crippen molar-refractivity contribution in [3.63, 3.8) is 0 Å². The molecular formula is C22H24N2O2. The third-order valence-electron chi connectivity index (χ3n) is 5.03. The monoisotopic (exact) mass is 348 g/mol. The number of hydrogen-bond donors (Lipinski definition) is 0. The molecule has 2 aliphatic rings. The summed E-state index contributed by atoms with van der Waals surface area (Å²) in [5.74, 6) is 1.40. The summed E-state index contributed by atoms with van der Waals surface area (Å²) in [6, 6.07) is 20.5. The Labute approximate surface area is 154 Å². The molecule has 0 radical (unpaired) electrons. The second-order valence-electron chi connectivity index (χ2n) is 7.40. The molecule has 134 valence electrons. The van der Waals surface area contributed by atoms with Crippen LogP contribution in [0.15, 0.2) is 70.6 Å². The average molecular weight is 348 g/mol. The molecule has 4 heteroatoms. The van der Waals surface area contributed by atoms with E-state index in [4.69, 9.17) is 14.5 Å². The smallest absolute Gasteiger partial charge is 0.199 e. The largest absolute Gasteiger partial charge is 0.475 e. The van der Waals surface area contributed by atoms with Crippen molar-refractivity contribution >= 4 is 11.8 Å². The molecule has 4 nitrogen and oxygen atoms in total. The van der Waals surface area contributed by atoms with E-state index in [2.05, 4.69) is 50.0 Å². The number of hydrogen-bond acceptors (Lipinski definition) is 4. The Morgan fingerprint density at radius 1 is 0.846 bits per heavy atom. The number of benzene rings is 2. The van der Waals surface area contributed by atoms with Crippen molar-refractivity contribution in [2.75, 3.05) is 6.54 Å². The maximum atomic E-state index is 6.19. The Kier molecular flexibility index (Phi) is 4.27. The maximum absolute atomic E-state index is 6.19. The van der Waals surface area contributed by atoms with Gasteiger partial charge in [-0.3, -0.25) is 4.99 Å². The molecule has 0 bridgehead atoms. The van der Waals surface area contributed by atoms with Crippen LogP contribution in [0.3, 0.4) is 0 Å². The minimum Gasteiger partial charge on any atom is -0.475 e. The second-order valence-corrected chi connectivity index (χ2v) is 7.40. The summed E-state index contributed by atoms with van der Waals surface area (Å²) >= 11 is 0. The lowest BCUT2D eigenvalue weighted by Crippen LogP contribution is -2.35. The first-order chi connectivity index (χ1) is 12.6. The second kappa shape index (κ2) is 6.60. The van der Waals surface area contributed by atoms with Gasteiger partial charge in [-0.15, -0.1) is 0 Å². The summed E-state index contributed by atoms with van der Waals surface area (Å²) < 4.78 is 12.3. The van der Waals surface area contributed by atoms with Crippen LogP contribution in [0.25, 0.3) is 0 Å². The average Bonchev–Trinajstić information content (AvgIpc) is 3.31. The predicted octanol–water partition coefficient (Wildman–Crippen LogP) is 4.74. The zero-order chi connectivity index (χ0) is 18.1. The van der Waals surface area contributed by atoms with Gasteiger partial charge in [0.05, 0.1) is 6.54 Å². The molecule has 0 saturated heterocycles. The molecule has 0 aliphatic carbocycles. The first-order valence-corrected chi connectivity index (χ1v) is 9.12. The minimum absolute atomic E-state index is 0.00130. The van der Waals surface area contributed by atoms with Gasteiger partial charge in [0.15, 0.2) is 11.8 Å². The number of ether oxygens (including phenoxy) is 2. The molecule has 0 aromatic heterocycles. The van der Waals surface area contributed by atoms with Gasteiger partial charge in [-0.25, -0.2) is 4.99 Å². The van der Waals surface area contributed by atoms with Crippen LogP contribution in [0.5, 0.6) is 0 Å². The van der Waals surface area contributed by atoms with Gasteiger partial charge in [0.25, 0.3) is 0 Å². The van der Waals surface area contributed by atoms with E-state index in [1.54, 1.807) is 0 Å². The summed E-state index contributed by atoms with van der Waals surface area (Å²) in [6.07, 6.45) is -0.0339. The van der Waals surface area contributed by atoms with Crippen molar-refractivity contribution in [2.24, 2.45) is 15.4 Å². The van der Waals surface area contributed by atoms with E-state index in [-0.39, 0.29) is 18.2 Å². The summed E-state index contributed by atoms with van der Waals surface area (Å²) in [7, 11) is 0. The van der Waals surface area contributed by atoms with E-state index in [0.29, 0.717) is 18.3 Å². The fourth-order valence-corrected chi connectivity index (χ4v) is 3.46. The van der Waals surface area contributed by atoms with Crippen molar-refractivity contribution in [1.82, 2.24) is 0 Å². The lowest BCUT2D eigenvalue weighted by atomic mass is 9.93. The fraction of sp³-hybridized carbons (Fsp3) is 0.364. The zero-order valence-corrected chi connectivity index (χ0v) is 15.4. The molecule has 2 aliphatic heterocycles. The first kappa shape index (κ1) is 16.8. The standard InChI is InChI=1S/C22H24N2O2/c1-15-19(17-12-8-5-9-13-17)24-21(25-15)22(2,3)20-23-14-18(26-20)16-10-6-4-7-11-16/h4-13,15,18-19H,14H2,1-3H3/t15-,18+,19-/m0/s1. The van der Waals surface area contributed by atoms with Crippen LogP contribution in [0.2, 0.25) is 0 Å². The van der Waals surface area contributed by atoms with Crippen molar-refractivity contribution < 1.29 is 9.47 Å². The van der Waals surface area contributed by atoms with Gasteiger partial charge in [-0.05, 0) is 31.9 Å².